The van der Waals surface area contributed by atoms with Gasteiger partial charge in [0.25, 0.3) is 0 Å². The molecule has 0 radical (unpaired) electrons. The van der Waals surface area contributed by atoms with Gasteiger partial charge in [-0.3, -0.25) is 4.79 Å². The number of pyridine rings is 1. The Bertz CT molecular complexity index is 891. The van der Waals surface area contributed by atoms with Crippen molar-refractivity contribution in [2.24, 2.45) is 0 Å². The number of nitrogens with one attached hydrogen (secondary N) is 1. The standard InChI is InChI=1S/C20H20N2O/c23-20-9-10-21-19-8-7-16(14-18(19)20)15-5-4-6-17(13-15)22-11-2-1-3-12-22/h4-10,13-14H,1-3,11-12H2,(H,21,23). The third-order valence-electron chi connectivity index (χ3n) is 4.66. The number of benzene rings is 2. The molecule has 0 bridgehead atoms. The maximum absolute atomic E-state index is 12.0. The quantitative estimate of drug-likeness (QED) is 0.771. The Morgan fingerprint density at radius 3 is 2.57 bits per heavy atom. The normalized spacial score (nSPS) is 15.0. The minimum atomic E-state index is 0.0628. The molecule has 1 saturated heterocycles. The molecule has 3 heteroatoms. The molecular weight excluding hydrogens is 284 g/mol. The average Bonchev–Trinajstić information content (AvgIpc) is 2.63. The summed E-state index contributed by atoms with van der Waals surface area (Å²) >= 11 is 0. The number of aromatic amines is 1. The van der Waals surface area contributed by atoms with Crippen LogP contribution in [0.15, 0.2) is 59.5 Å². The molecule has 1 aromatic heterocycles. The number of nitrogens with zero attached hydrogens (tertiary/aromatic N) is 1. The topological polar surface area (TPSA) is 36.1 Å². The summed E-state index contributed by atoms with van der Waals surface area (Å²) in [5.74, 6) is 0. The molecule has 4 rings (SSSR count). The lowest BCUT2D eigenvalue weighted by molar-refractivity contribution is 0.578. The summed E-state index contributed by atoms with van der Waals surface area (Å²) in [6.45, 7) is 2.28. The maximum atomic E-state index is 12.0. The van der Waals surface area contributed by atoms with Gasteiger partial charge in [-0.15, -0.1) is 0 Å². The Kier molecular flexibility index (Phi) is 3.62. The van der Waals surface area contributed by atoms with E-state index < -0.39 is 0 Å². The molecule has 2 heterocycles. The third-order valence-corrected chi connectivity index (χ3v) is 4.66. The van der Waals surface area contributed by atoms with E-state index in [1.165, 1.54) is 30.5 Å². The highest BCUT2D eigenvalue weighted by atomic mass is 16.1. The molecule has 0 aliphatic carbocycles. The second-order valence-electron chi connectivity index (χ2n) is 6.20. The highest BCUT2D eigenvalue weighted by molar-refractivity contribution is 5.84. The highest BCUT2D eigenvalue weighted by Gasteiger charge is 2.11. The van der Waals surface area contributed by atoms with Gasteiger partial charge in [0.1, 0.15) is 0 Å². The Morgan fingerprint density at radius 1 is 0.870 bits per heavy atom. The Morgan fingerprint density at radius 2 is 1.70 bits per heavy atom. The van der Waals surface area contributed by atoms with Crippen molar-refractivity contribution < 1.29 is 0 Å². The SMILES string of the molecule is O=c1cc[nH]c2ccc(-c3cccc(N4CCCCC4)c3)cc12. The number of anilines is 1. The molecule has 0 spiro atoms. The Hall–Kier alpha value is -2.55. The fourth-order valence-corrected chi connectivity index (χ4v) is 3.38. The molecule has 3 aromatic rings. The highest BCUT2D eigenvalue weighted by Crippen LogP contribution is 2.27. The zero-order valence-corrected chi connectivity index (χ0v) is 13.1. The van der Waals surface area contributed by atoms with Gasteiger partial charge in [-0.25, -0.2) is 0 Å². The van der Waals surface area contributed by atoms with Crippen molar-refractivity contribution in [2.45, 2.75) is 19.3 Å². The van der Waals surface area contributed by atoms with Crippen molar-refractivity contribution in [2.75, 3.05) is 18.0 Å². The van der Waals surface area contributed by atoms with Gasteiger partial charge in [-0.1, -0.05) is 18.2 Å². The van der Waals surface area contributed by atoms with Gasteiger partial charge < -0.3 is 9.88 Å². The zero-order chi connectivity index (χ0) is 15.6. The Labute approximate surface area is 135 Å². The number of fused-ring (bicyclic) bond motifs is 1. The Balaban J connectivity index is 1.75. The average molecular weight is 304 g/mol. The minimum absolute atomic E-state index is 0.0628. The predicted octanol–water partition coefficient (Wildman–Crippen LogP) is 4.19. The summed E-state index contributed by atoms with van der Waals surface area (Å²) in [4.78, 5) is 17.6. The van der Waals surface area contributed by atoms with Crippen LogP contribution in [0.2, 0.25) is 0 Å². The van der Waals surface area contributed by atoms with Crippen LogP contribution in [0, 0.1) is 0 Å². The molecule has 3 nitrogen and oxygen atoms in total. The van der Waals surface area contributed by atoms with Gasteiger partial charge in [-0.05, 0) is 54.7 Å². The van der Waals surface area contributed by atoms with Crippen molar-refractivity contribution >= 4 is 16.6 Å². The van der Waals surface area contributed by atoms with Gasteiger partial charge in [0, 0.05) is 41.9 Å². The number of hydrogen-bond acceptors (Lipinski definition) is 2. The van der Waals surface area contributed by atoms with E-state index in [0.29, 0.717) is 0 Å². The maximum Gasteiger partial charge on any atom is 0.189 e. The summed E-state index contributed by atoms with van der Waals surface area (Å²) in [5, 5.41) is 0.744. The van der Waals surface area contributed by atoms with Crippen molar-refractivity contribution in [1.82, 2.24) is 4.98 Å². The number of aromatic nitrogens is 1. The van der Waals surface area contributed by atoms with Crippen LogP contribution in [-0.2, 0) is 0 Å². The van der Waals surface area contributed by atoms with Crippen molar-refractivity contribution in [1.29, 1.82) is 0 Å². The summed E-state index contributed by atoms with van der Waals surface area (Å²) in [7, 11) is 0. The molecule has 116 valence electrons. The van der Waals surface area contributed by atoms with Gasteiger partial charge in [0.05, 0.1) is 0 Å². The first-order chi connectivity index (χ1) is 11.3. The lowest BCUT2D eigenvalue weighted by Crippen LogP contribution is -2.29. The summed E-state index contributed by atoms with van der Waals surface area (Å²) in [5.41, 5.74) is 4.48. The fraction of sp³-hybridized carbons (Fsp3) is 0.250. The van der Waals surface area contributed by atoms with E-state index in [0.717, 1.165) is 29.6 Å². The lowest BCUT2D eigenvalue weighted by Gasteiger charge is -2.29. The van der Waals surface area contributed by atoms with Crippen LogP contribution in [0.1, 0.15) is 19.3 Å². The van der Waals surface area contributed by atoms with E-state index in [1.807, 2.05) is 12.1 Å². The van der Waals surface area contributed by atoms with E-state index in [9.17, 15) is 4.79 Å². The first-order valence-electron chi connectivity index (χ1n) is 8.28. The second-order valence-corrected chi connectivity index (χ2v) is 6.20. The zero-order valence-electron chi connectivity index (χ0n) is 13.1. The first-order valence-corrected chi connectivity index (χ1v) is 8.28. The molecule has 1 aliphatic heterocycles. The minimum Gasteiger partial charge on any atom is -0.372 e. The molecule has 0 saturated carbocycles. The van der Waals surface area contributed by atoms with Gasteiger partial charge in [0.2, 0.25) is 0 Å². The van der Waals surface area contributed by atoms with E-state index in [1.54, 1.807) is 12.3 Å². The van der Waals surface area contributed by atoms with Crippen molar-refractivity contribution in [3.8, 4) is 11.1 Å². The van der Waals surface area contributed by atoms with Crippen LogP contribution in [0.5, 0.6) is 0 Å². The number of piperidine rings is 1. The summed E-state index contributed by atoms with van der Waals surface area (Å²) in [6.07, 6.45) is 5.58. The van der Waals surface area contributed by atoms with E-state index in [2.05, 4.69) is 40.2 Å². The third kappa shape index (κ3) is 2.74. The molecule has 1 N–H and O–H groups in total. The molecule has 0 atom stereocenters. The summed E-state index contributed by atoms with van der Waals surface area (Å²) < 4.78 is 0. The van der Waals surface area contributed by atoms with Gasteiger partial charge >= 0.3 is 0 Å². The van der Waals surface area contributed by atoms with Gasteiger partial charge in [0.15, 0.2) is 5.43 Å². The van der Waals surface area contributed by atoms with Crippen LogP contribution >= 0.6 is 0 Å². The largest absolute Gasteiger partial charge is 0.372 e. The molecule has 0 unspecified atom stereocenters. The van der Waals surface area contributed by atoms with E-state index in [-0.39, 0.29) is 5.43 Å². The molecule has 23 heavy (non-hydrogen) atoms. The predicted molar refractivity (Wildman–Crippen MR) is 96.1 cm³/mol. The number of hydrogen-bond donors (Lipinski definition) is 1. The monoisotopic (exact) mass is 304 g/mol. The van der Waals surface area contributed by atoms with Crippen molar-refractivity contribution in [3.05, 3.63) is 65.0 Å². The van der Waals surface area contributed by atoms with E-state index in [4.69, 9.17) is 0 Å². The first kappa shape index (κ1) is 14.1. The summed E-state index contributed by atoms with van der Waals surface area (Å²) in [6, 6.07) is 16.3. The fourth-order valence-electron chi connectivity index (χ4n) is 3.38. The smallest absolute Gasteiger partial charge is 0.189 e. The molecular formula is C20H20N2O. The second kappa shape index (κ2) is 5.92. The molecule has 0 amide bonds. The van der Waals surface area contributed by atoms with Crippen LogP contribution in [0.4, 0.5) is 5.69 Å². The lowest BCUT2D eigenvalue weighted by atomic mass is 10.0. The van der Waals surface area contributed by atoms with Crippen molar-refractivity contribution in [3.63, 3.8) is 0 Å². The van der Waals surface area contributed by atoms with E-state index >= 15 is 0 Å². The molecule has 2 aromatic carbocycles. The van der Waals surface area contributed by atoms with Crippen LogP contribution in [-0.4, -0.2) is 18.1 Å². The number of H-pyrrole nitrogens is 1. The molecule has 1 fully saturated rings. The van der Waals surface area contributed by atoms with Gasteiger partial charge in [-0.2, -0.15) is 0 Å². The molecule has 1 aliphatic rings. The number of rotatable bonds is 2. The van der Waals surface area contributed by atoms with Crippen LogP contribution in [0.25, 0.3) is 22.0 Å². The van der Waals surface area contributed by atoms with Crippen LogP contribution in [0.3, 0.4) is 0 Å². The van der Waals surface area contributed by atoms with Crippen LogP contribution < -0.4 is 10.3 Å².